The van der Waals surface area contributed by atoms with Gasteiger partial charge in [-0.2, -0.15) is 0 Å². The van der Waals surface area contributed by atoms with Crippen LogP contribution in [0.4, 0.5) is 0 Å². The van der Waals surface area contributed by atoms with Gasteiger partial charge in [0, 0.05) is 39.7 Å². The van der Waals surface area contributed by atoms with Crippen LogP contribution < -0.4 is 5.32 Å². The summed E-state index contributed by atoms with van der Waals surface area (Å²) < 4.78 is 10.7. The summed E-state index contributed by atoms with van der Waals surface area (Å²) in [7, 11) is 3.55. The minimum Gasteiger partial charge on any atom is -0.382 e. The summed E-state index contributed by atoms with van der Waals surface area (Å²) >= 11 is 0. The molecule has 1 aliphatic rings. The number of aliphatic imine (C=N–C) groups is 1. The molecule has 0 saturated carbocycles. The van der Waals surface area contributed by atoms with Gasteiger partial charge in [0.1, 0.15) is 0 Å². The van der Waals surface area contributed by atoms with Crippen molar-refractivity contribution in [2.75, 3.05) is 47.1 Å². The lowest BCUT2D eigenvalue weighted by molar-refractivity contribution is 0.0536. The quantitative estimate of drug-likeness (QED) is 0.475. The molecule has 5 heteroatoms. The molecule has 23 heavy (non-hydrogen) atoms. The third kappa shape index (κ3) is 5.84. The summed E-state index contributed by atoms with van der Waals surface area (Å²) in [5.41, 5.74) is 2.57. The van der Waals surface area contributed by atoms with E-state index in [1.807, 2.05) is 7.05 Å². The van der Waals surface area contributed by atoms with Crippen LogP contribution >= 0.6 is 0 Å². The summed E-state index contributed by atoms with van der Waals surface area (Å²) in [6.45, 7) is 7.09. The van der Waals surface area contributed by atoms with Crippen LogP contribution in [0.2, 0.25) is 0 Å². The third-order valence-electron chi connectivity index (χ3n) is 4.12. The largest absolute Gasteiger partial charge is 0.382 e. The Morgan fingerprint density at radius 3 is 3.00 bits per heavy atom. The molecule has 1 N–H and O–H groups in total. The normalized spacial score (nSPS) is 18.5. The molecule has 1 heterocycles. The van der Waals surface area contributed by atoms with Crippen molar-refractivity contribution in [1.82, 2.24) is 10.2 Å². The Morgan fingerprint density at radius 1 is 1.39 bits per heavy atom. The number of guanidine groups is 1. The van der Waals surface area contributed by atoms with E-state index in [1.165, 1.54) is 11.1 Å². The Hall–Kier alpha value is -1.59. The van der Waals surface area contributed by atoms with Gasteiger partial charge in [-0.1, -0.05) is 29.8 Å². The minimum atomic E-state index is 0.573. The molecule has 1 saturated heterocycles. The van der Waals surface area contributed by atoms with Crippen molar-refractivity contribution in [2.45, 2.75) is 19.9 Å². The van der Waals surface area contributed by atoms with Gasteiger partial charge in [-0.05, 0) is 18.9 Å². The second-order valence-corrected chi connectivity index (χ2v) is 6.06. The molecule has 0 spiro atoms. The number of methoxy groups -OCH3 is 1. The first-order valence-electron chi connectivity index (χ1n) is 8.30. The molecule has 0 aromatic heterocycles. The Morgan fingerprint density at radius 2 is 2.26 bits per heavy atom. The van der Waals surface area contributed by atoms with E-state index in [-0.39, 0.29) is 0 Å². The van der Waals surface area contributed by atoms with Crippen molar-refractivity contribution in [3.63, 3.8) is 0 Å². The zero-order valence-corrected chi connectivity index (χ0v) is 14.5. The third-order valence-corrected chi connectivity index (χ3v) is 4.12. The van der Waals surface area contributed by atoms with Gasteiger partial charge in [-0.3, -0.25) is 4.99 Å². The van der Waals surface area contributed by atoms with Crippen LogP contribution in [-0.4, -0.2) is 57.9 Å². The molecule has 0 amide bonds. The van der Waals surface area contributed by atoms with Crippen LogP contribution in [0.15, 0.2) is 29.3 Å². The summed E-state index contributed by atoms with van der Waals surface area (Å²) in [6.07, 6.45) is 1.15. The van der Waals surface area contributed by atoms with Crippen LogP contribution in [0, 0.1) is 12.8 Å². The Balaban J connectivity index is 1.76. The number of nitrogens with one attached hydrogen (secondary N) is 1. The lowest BCUT2D eigenvalue weighted by atomic mass is 10.1. The van der Waals surface area contributed by atoms with E-state index in [0.717, 1.165) is 38.6 Å². The maximum atomic E-state index is 5.65. The average Bonchev–Trinajstić information content (AvgIpc) is 3.01. The Kier molecular flexibility index (Phi) is 7.36. The van der Waals surface area contributed by atoms with Gasteiger partial charge in [0.15, 0.2) is 5.96 Å². The number of nitrogens with zero attached hydrogens (tertiary/aromatic N) is 2. The molecule has 1 aromatic carbocycles. The first-order chi connectivity index (χ1) is 11.2. The van der Waals surface area contributed by atoms with Crippen LogP contribution in [0.25, 0.3) is 0 Å². The van der Waals surface area contributed by atoms with E-state index in [1.54, 1.807) is 7.11 Å². The van der Waals surface area contributed by atoms with Crippen molar-refractivity contribution in [3.05, 3.63) is 35.4 Å². The maximum absolute atomic E-state index is 5.65. The highest BCUT2D eigenvalue weighted by molar-refractivity contribution is 5.80. The monoisotopic (exact) mass is 319 g/mol. The molecule has 1 aliphatic heterocycles. The molecule has 1 unspecified atom stereocenters. The SMILES string of the molecule is CN=C(NCc1cccc(C)c1)N1CCC(COCCOC)C1. The summed E-state index contributed by atoms with van der Waals surface area (Å²) in [4.78, 5) is 6.74. The van der Waals surface area contributed by atoms with Gasteiger partial charge in [0.25, 0.3) is 0 Å². The molecule has 0 aliphatic carbocycles. The highest BCUT2D eigenvalue weighted by atomic mass is 16.5. The lowest BCUT2D eigenvalue weighted by Crippen LogP contribution is -2.39. The average molecular weight is 319 g/mol. The van der Waals surface area contributed by atoms with Gasteiger partial charge < -0.3 is 19.7 Å². The van der Waals surface area contributed by atoms with E-state index in [9.17, 15) is 0 Å². The standard InChI is InChI=1S/C18H29N3O2/c1-15-5-4-6-16(11-15)12-20-18(19-2)21-8-7-17(13-21)14-23-10-9-22-3/h4-6,11,17H,7-10,12-14H2,1-3H3,(H,19,20). The molecule has 0 radical (unpaired) electrons. The van der Waals surface area contributed by atoms with Gasteiger partial charge in [0.05, 0.1) is 19.8 Å². The number of hydrogen-bond donors (Lipinski definition) is 1. The van der Waals surface area contributed by atoms with Crippen molar-refractivity contribution < 1.29 is 9.47 Å². The Bertz CT molecular complexity index is 505. The molecule has 2 rings (SSSR count). The Labute approximate surface area is 139 Å². The molecule has 1 aromatic rings. The highest BCUT2D eigenvalue weighted by Crippen LogP contribution is 2.16. The number of aryl methyl sites for hydroxylation is 1. The highest BCUT2D eigenvalue weighted by Gasteiger charge is 2.24. The molecule has 128 valence electrons. The lowest BCUT2D eigenvalue weighted by Gasteiger charge is -2.22. The first kappa shape index (κ1) is 17.8. The first-order valence-corrected chi connectivity index (χ1v) is 8.30. The molecule has 0 bridgehead atoms. The predicted molar refractivity (Wildman–Crippen MR) is 93.8 cm³/mol. The van der Waals surface area contributed by atoms with E-state index in [2.05, 4.69) is 46.4 Å². The van der Waals surface area contributed by atoms with Crippen LogP contribution in [0.3, 0.4) is 0 Å². The second-order valence-electron chi connectivity index (χ2n) is 6.06. The number of ether oxygens (including phenoxy) is 2. The second kappa shape index (κ2) is 9.53. The van der Waals surface area contributed by atoms with Crippen molar-refractivity contribution in [1.29, 1.82) is 0 Å². The fraction of sp³-hybridized carbons (Fsp3) is 0.611. The van der Waals surface area contributed by atoms with Gasteiger partial charge in [0.2, 0.25) is 0 Å². The predicted octanol–water partition coefficient (Wildman–Crippen LogP) is 2.06. The topological polar surface area (TPSA) is 46.1 Å². The summed E-state index contributed by atoms with van der Waals surface area (Å²) in [5, 5.41) is 3.47. The van der Waals surface area contributed by atoms with Crippen molar-refractivity contribution in [3.8, 4) is 0 Å². The minimum absolute atomic E-state index is 0.573. The zero-order valence-electron chi connectivity index (χ0n) is 14.5. The smallest absolute Gasteiger partial charge is 0.193 e. The fourth-order valence-corrected chi connectivity index (χ4v) is 2.89. The summed E-state index contributed by atoms with van der Waals surface area (Å²) in [5.74, 6) is 1.55. The maximum Gasteiger partial charge on any atom is 0.193 e. The number of rotatable bonds is 7. The molecular weight excluding hydrogens is 290 g/mol. The summed E-state index contributed by atoms with van der Waals surface area (Å²) in [6, 6.07) is 8.56. The van der Waals surface area contributed by atoms with Gasteiger partial charge in [-0.25, -0.2) is 0 Å². The van der Waals surface area contributed by atoms with Crippen molar-refractivity contribution >= 4 is 5.96 Å². The van der Waals surface area contributed by atoms with Crippen LogP contribution in [-0.2, 0) is 16.0 Å². The number of likely N-dealkylation sites (tertiary alicyclic amines) is 1. The molecule has 1 fully saturated rings. The van der Waals surface area contributed by atoms with Crippen LogP contribution in [0.5, 0.6) is 0 Å². The molecule has 5 nitrogen and oxygen atoms in total. The van der Waals surface area contributed by atoms with E-state index >= 15 is 0 Å². The van der Waals surface area contributed by atoms with Gasteiger partial charge in [-0.15, -0.1) is 0 Å². The number of benzene rings is 1. The fourth-order valence-electron chi connectivity index (χ4n) is 2.89. The van der Waals surface area contributed by atoms with Crippen LogP contribution in [0.1, 0.15) is 17.5 Å². The van der Waals surface area contributed by atoms with Gasteiger partial charge >= 0.3 is 0 Å². The van der Waals surface area contributed by atoms with Crippen molar-refractivity contribution in [2.24, 2.45) is 10.9 Å². The van der Waals surface area contributed by atoms with E-state index in [4.69, 9.17) is 9.47 Å². The van der Waals surface area contributed by atoms with E-state index in [0.29, 0.717) is 19.1 Å². The zero-order chi connectivity index (χ0) is 16.5. The molecule has 1 atom stereocenters. The molecular formula is C18H29N3O2. The van der Waals surface area contributed by atoms with E-state index < -0.39 is 0 Å². The number of hydrogen-bond acceptors (Lipinski definition) is 3.